The average molecular weight is 266 g/mol. The summed E-state index contributed by atoms with van der Waals surface area (Å²) in [4.78, 5) is 0. The van der Waals surface area contributed by atoms with Gasteiger partial charge >= 0.3 is 0 Å². The maximum Gasteiger partial charge on any atom is 0.103 e. The third-order valence-corrected chi connectivity index (χ3v) is 6.49. The summed E-state index contributed by atoms with van der Waals surface area (Å²) in [6.07, 6.45) is 2.37. The highest BCUT2D eigenvalue weighted by Crippen LogP contribution is 2.17. The molecular weight excluding hydrogens is 244 g/mol. The molecule has 0 aromatic heterocycles. The summed E-state index contributed by atoms with van der Waals surface area (Å²) >= 11 is 0. The van der Waals surface area contributed by atoms with Crippen LogP contribution in [0.1, 0.15) is 18.4 Å². The van der Waals surface area contributed by atoms with E-state index in [0.717, 1.165) is 0 Å². The van der Waals surface area contributed by atoms with Crippen LogP contribution in [0.2, 0.25) is 13.1 Å². The zero-order valence-corrected chi connectivity index (χ0v) is 13.0. The van der Waals surface area contributed by atoms with E-state index in [-0.39, 0.29) is 0 Å². The summed E-state index contributed by atoms with van der Waals surface area (Å²) in [6.45, 7) is 7.06. The normalized spacial score (nSPS) is 13.6. The summed E-state index contributed by atoms with van der Waals surface area (Å²) in [7, 11) is -1.46. The maximum atomic E-state index is 2.46. The molecule has 1 atom stereocenters. The molecule has 0 fully saturated rings. The summed E-state index contributed by atoms with van der Waals surface area (Å²) in [6, 6.07) is 21.6. The maximum absolute atomic E-state index is 2.46. The second-order valence-corrected chi connectivity index (χ2v) is 10.0. The van der Waals surface area contributed by atoms with Crippen LogP contribution in [0.3, 0.4) is 0 Å². The fourth-order valence-corrected chi connectivity index (χ4v) is 4.23. The molecule has 0 aliphatic carbocycles. The van der Waals surface area contributed by atoms with Gasteiger partial charge in [-0.15, -0.1) is 0 Å². The van der Waals surface area contributed by atoms with Gasteiger partial charge in [0.05, 0.1) is 0 Å². The Kier molecular flexibility index (Phi) is 4.38. The Balaban J connectivity index is 2.14. The van der Waals surface area contributed by atoms with E-state index in [1.807, 2.05) is 0 Å². The molecule has 0 heterocycles. The predicted octanol–water partition coefficient (Wildman–Crippen LogP) is 4.50. The molecule has 0 amide bonds. The van der Waals surface area contributed by atoms with E-state index in [1.54, 1.807) is 0 Å². The monoisotopic (exact) mass is 266 g/mol. The molecule has 19 heavy (non-hydrogen) atoms. The minimum absolute atomic E-state index is 0.483. The lowest BCUT2D eigenvalue weighted by Gasteiger charge is -2.19. The van der Waals surface area contributed by atoms with Gasteiger partial charge in [-0.25, -0.2) is 0 Å². The first kappa shape index (κ1) is 13.8. The minimum atomic E-state index is -1.46. The Labute approximate surface area is 117 Å². The third-order valence-electron chi connectivity index (χ3n) is 3.64. The van der Waals surface area contributed by atoms with E-state index in [2.05, 4.69) is 92.5 Å². The average Bonchev–Trinajstić information content (AvgIpc) is 2.47. The van der Waals surface area contributed by atoms with Crippen LogP contribution in [0.25, 0.3) is 0 Å². The van der Waals surface area contributed by atoms with E-state index < -0.39 is 8.07 Å². The van der Waals surface area contributed by atoms with Gasteiger partial charge in [-0.1, -0.05) is 97.6 Å². The van der Waals surface area contributed by atoms with Crippen LogP contribution < -0.4 is 5.19 Å². The van der Waals surface area contributed by atoms with Gasteiger partial charge in [-0.3, -0.25) is 0 Å². The quantitative estimate of drug-likeness (QED) is 0.715. The van der Waals surface area contributed by atoms with Gasteiger partial charge in [0.1, 0.15) is 8.07 Å². The van der Waals surface area contributed by atoms with Crippen molar-refractivity contribution in [2.75, 3.05) is 0 Å². The summed E-state index contributed by atoms with van der Waals surface area (Å²) in [5, 5.41) is 1.49. The molecular formula is C18H22Si. The summed E-state index contributed by atoms with van der Waals surface area (Å²) in [5.41, 5.74) is 3.84. The lowest BCUT2D eigenvalue weighted by atomic mass is 10.0. The van der Waals surface area contributed by atoms with Crippen LogP contribution in [0.5, 0.6) is 0 Å². The van der Waals surface area contributed by atoms with Crippen LogP contribution in [0, 0.1) is 0 Å². The number of allylic oxidation sites excluding steroid dienone is 1. The molecule has 0 aliphatic heterocycles. The Morgan fingerprint density at radius 3 is 1.95 bits per heavy atom. The van der Waals surface area contributed by atoms with Crippen molar-refractivity contribution in [1.82, 2.24) is 0 Å². The highest BCUT2D eigenvalue weighted by atomic mass is 28.3. The molecule has 0 saturated carbocycles. The number of hydrogen-bond donors (Lipinski definition) is 0. The van der Waals surface area contributed by atoms with Crippen LogP contribution in [0.15, 0.2) is 72.4 Å². The molecule has 0 saturated heterocycles. The van der Waals surface area contributed by atoms with Gasteiger partial charge in [0.2, 0.25) is 0 Å². The van der Waals surface area contributed by atoms with Crippen molar-refractivity contribution in [3.63, 3.8) is 0 Å². The van der Waals surface area contributed by atoms with E-state index >= 15 is 0 Å². The first-order chi connectivity index (χ1) is 9.09. The first-order valence-electron chi connectivity index (χ1n) is 6.89. The Hall–Kier alpha value is -1.60. The van der Waals surface area contributed by atoms with Crippen LogP contribution in [0.4, 0.5) is 0 Å². The molecule has 2 aromatic carbocycles. The second-order valence-electron chi connectivity index (χ2n) is 5.65. The fraction of sp³-hybridized carbons (Fsp3) is 0.222. The highest BCUT2D eigenvalue weighted by molar-refractivity contribution is 6.93. The van der Waals surface area contributed by atoms with Crippen molar-refractivity contribution in [2.45, 2.75) is 25.9 Å². The zero-order chi connectivity index (χ0) is 13.7. The number of hydrogen-bond acceptors (Lipinski definition) is 0. The smallest absolute Gasteiger partial charge is 0.0937 e. The SMILES string of the molecule is CC(/C=C/[Si](C)(C)c1ccccc1)c1ccccc1. The molecule has 2 rings (SSSR count). The molecule has 2 aromatic rings. The van der Waals surface area contributed by atoms with Gasteiger partial charge in [0.25, 0.3) is 0 Å². The molecule has 0 radical (unpaired) electrons. The standard InChI is InChI=1S/C18H22Si/c1-16(17-10-6-4-7-11-17)14-15-19(2,3)18-12-8-5-9-13-18/h4-16H,1-3H3/b15-14+. The molecule has 0 spiro atoms. The zero-order valence-electron chi connectivity index (χ0n) is 12.0. The number of rotatable bonds is 4. The van der Waals surface area contributed by atoms with Crippen LogP contribution in [-0.2, 0) is 0 Å². The number of benzene rings is 2. The first-order valence-corrected chi connectivity index (χ1v) is 9.97. The summed E-state index contributed by atoms with van der Waals surface area (Å²) < 4.78 is 0. The van der Waals surface area contributed by atoms with E-state index in [1.165, 1.54) is 10.8 Å². The van der Waals surface area contributed by atoms with Crippen LogP contribution >= 0.6 is 0 Å². The van der Waals surface area contributed by atoms with Crippen LogP contribution in [-0.4, -0.2) is 8.07 Å². The Morgan fingerprint density at radius 1 is 0.842 bits per heavy atom. The van der Waals surface area contributed by atoms with E-state index in [0.29, 0.717) is 5.92 Å². The molecule has 0 N–H and O–H groups in total. The lowest BCUT2D eigenvalue weighted by Crippen LogP contribution is -2.39. The van der Waals surface area contributed by atoms with Crippen molar-refractivity contribution < 1.29 is 0 Å². The van der Waals surface area contributed by atoms with E-state index in [9.17, 15) is 0 Å². The Morgan fingerprint density at radius 2 is 1.37 bits per heavy atom. The van der Waals surface area contributed by atoms with Gasteiger partial charge in [-0.05, 0) is 11.5 Å². The molecule has 0 nitrogen and oxygen atoms in total. The highest BCUT2D eigenvalue weighted by Gasteiger charge is 2.19. The van der Waals surface area contributed by atoms with Crippen molar-refractivity contribution >= 4 is 13.3 Å². The Bertz CT molecular complexity index is 526. The molecule has 98 valence electrons. The largest absolute Gasteiger partial charge is 0.103 e. The molecule has 1 heteroatoms. The minimum Gasteiger partial charge on any atom is -0.0937 e. The van der Waals surface area contributed by atoms with Gasteiger partial charge in [0.15, 0.2) is 0 Å². The second kappa shape index (κ2) is 6.03. The van der Waals surface area contributed by atoms with E-state index in [4.69, 9.17) is 0 Å². The lowest BCUT2D eigenvalue weighted by molar-refractivity contribution is 0.969. The van der Waals surface area contributed by atoms with Crippen molar-refractivity contribution in [3.8, 4) is 0 Å². The fourth-order valence-electron chi connectivity index (χ4n) is 2.22. The molecule has 0 bridgehead atoms. The van der Waals surface area contributed by atoms with Crippen molar-refractivity contribution in [1.29, 1.82) is 0 Å². The van der Waals surface area contributed by atoms with Gasteiger partial charge in [-0.2, -0.15) is 0 Å². The summed E-state index contributed by atoms with van der Waals surface area (Å²) in [5.74, 6) is 0.483. The van der Waals surface area contributed by atoms with Crippen molar-refractivity contribution in [2.24, 2.45) is 0 Å². The topological polar surface area (TPSA) is 0 Å². The van der Waals surface area contributed by atoms with Crippen molar-refractivity contribution in [3.05, 3.63) is 78.0 Å². The van der Waals surface area contributed by atoms with Gasteiger partial charge < -0.3 is 0 Å². The predicted molar refractivity (Wildman–Crippen MR) is 87.6 cm³/mol. The van der Waals surface area contributed by atoms with Gasteiger partial charge in [0, 0.05) is 0 Å². The molecule has 1 unspecified atom stereocenters. The third kappa shape index (κ3) is 3.68. The molecule has 0 aliphatic rings.